The molecule has 0 bridgehead atoms. The number of aromatic nitrogens is 3. The molecule has 0 radical (unpaired) electrons. The number of nitrogens with one attached hydrogen (secondary N) is 1. The predicted octanol–water partition coefficient (Wildman–Crippen LogP) is 0.651. The van der Waals surface area contributed by atoms with Crippen molar-refractivity contribution in [1.82, 2.24) is 14.8 Å². The van der Waals surface area contributed by atoms with Gasteiger partial charge in [-0.3, -0.25) is 9.48 Å². The van der Waals surface area contributed by atoms with Crippen LogP contribution in [-0.2, 0) is 11.3 Å². The summed E-state index contributed by atoms with van der Waals surface area (Å²) in [6.07, 6.45) is 3.29. The van der Waals surface area contributed by atoms with Crippen LogP contribution in [0.5, 0.6) is 0 Å². The molecule has 102 valence electrons. The number of aliphatic hydroxyl groups excluding tert-OH is 1. The Bertz CT molecular complexity index is 626. The van der Waals surface area contributed by atoms with Crippen molar-refractivity contribution < 1.29 is 9.90 Å². The predicted molar refractivity (Wildman–Crippen MR) is 73.7 cm³/mol. The molecule has 2 aromatic rings. The van der Waals surface area contributed by atoms with E-state index in [1.165, 1.54) is 6.33 Å². The topological polar surface area (TPSA) is 80.0 Å². The second kappa shape index (κ2) is 7.07. The molecule has 6 heteroatoms. The van der Waals surface area contributed by atoms with Crippen LogP contribution < -0.4 is 5.32 Å². The highest BCUT2D eigenvalue weighted by Gasteiger charge is 2.05. The zero-order valence-corrected chi connectivity index (χ0v) is 10.8. The molecule has 0 fully saturated rings. The fraction of sp³-hybridized carbons (Fsp3) is 0.214. The lowest BCUT2D eigenvalue weighted by molar-refractivity contribution is -0.116. The van der Waals surface area contributed by atoms with E-state index in [-0.39, 0.29) is 12.5 Å². The Labute approximate surface area is 116 Å². The molecule has 0 unspecified atom stereocenters. The molecule has 0 saturated heterocycles. The summed E-state index contributed by atoms with van der Waals surface area (Å²) in [6, 6.07) is 7.20. The highest BCUT2D eigenvalue weighted by Crippen LogP contribution is 2.13. The molecule has 2 rings (SSSR count). The highest BCUT2D eigenvalue weighted by molar-refractivity contribution is 5.92. The lowest BCUT2D eigenvalue weighted by atomic mass is 10.2. The van der Waals surface area contributed by atoms with Gasteiger partial charge in [0.15, 0.2) is 0 Å². The second-order valence-electron chi connectivity index (χ2n) is 3.96. The highest BCUT2D eigenvalue weighted by atomic mass is 16.2. The molecule has 0 aliphatic heterocycles. The van der Waals surface area contributed by atoms with Gasteiger partial charge in [0.2, 0.25) is 5.91 Å². The molecule has 20 heavy (non-hydrogen) atoms. The molecule has 0 spiro atoms. The first kappa shape index (κ1) is 13.8. The van der Waals surface area contributed by atoms with Gasteiger partial charge in [-0.15, -0.1) is 0 Å². The second-order valence-corrected chi connectivity index (χ2v) is 3.96. The minimum absolute atomic E-state index is 0.126. The van der Waals surface area contributed by atoms with Crippen molar-refractivity contribution in [2.75, 3.05) is 11.9 Å². The average molecular weight is 270 g/mol. The Morgan fingerprint density at radius 2 is 2.25 bits per heavy atom. The smallest absolute Gasteiger partial charge is 0.226 e. The Kier molecular flexibility index (Phi) is 4.87. The summed E-state index contributed by atoms with van der Waals surface area (Å²) in [7, 11) is 0. The number of aryl methyl sites for hydroxylation is 1. The summed E-state index contributed by atoms with van der Waals surface area (Å²) in [5.74, 6) is 5.23. The van der Waals surface area contributed by atoms with E-state index in [0.717, 1.165) is 0 Å². The third kappa shape index (κ3) is 3.93. The Morgan fingerprint density at radius 1 is 1.40 bits per heavy atom. The van der Waals surface area contributed by atoms with Crippen LogP contribution in [0.3, 0.4) is 0 Å². The zero-order chi connectivity index (χ0) is 14.2. The SMILES string of the molecule is O=C(CCn1cncn1)Nc1ccccc1C#CCO. The van der Waals surface area contributed by atoms with Gasteiger partial charge in [-0.25, -0.2) is 4.98 Å². The van der Waals surface area contributed by atoms with Crippen LogP contribution in [0.25, 0.3) is 0 Å². The van der Waals surface area contributed by atoms with Gasteiger partial charge in [0.1, 0.15) is 19.3 Å². The van der Waals surface area contributed by atoms with Crippen LogP contribution in [0.1, 0.15) is 12.0 Å². The number of benzene rings is 1. The van der Waals surface area contributed by atoms with E-state index in [9.17, 15) is 4.79 Å². The fourth-order valence-electron chi connectivity index (χ4n) is 1.61. The van der Waals surface area contributed by atoms with Crippen molar-refractivity contribution in [3.05, 3.63) is 42.5 Å². The van der Waals surface area contributed by atoms with E-state index in [1.54, 1.807) is 23.1 Å². The lowest BCUT2D eigenvalue weighted by Crippen LogP contribution is -2.15. The molecule has 1 aromatic carbocycles. The fourth-order valence-corrected chi connectivity index (χ4v) is 1.61. The average Bonchev–Trinajstić information content (AvgIpc) is 2.97. The van der Waals surface area contributed by atoms with E-state index in [4.69, 9.17) is 5.11 Å². The Hall–Kier alpha value is -2.65. The monoisotopic (exact) mass is 270 g/mol. The summed E-state index contributed by atoms with van der Waals surface area (Å²) in [4.78, 5) is 15.7. The molecular formula is C14H14N4O2. The van der Waals surface area contributed by atoms with Crippen molar-refractivity contribution in [3.8, 4) is 11.8 Å². The first-order valence-electron chi connectivity index (χ1n) is 6.10. The van der Waals surface area contributed by atoms with E-state index in [2.05, 4.69) is 27.2 Å². The quantitative estimate of drug-likeness (QED) is 0.799. The van der Waals surface area contributed by atoms with Crippen molar-refractivity contribution in [2.24, 2.45) is 0 Å². The first-order valence-corrected chi connectivity index (χ1v) is 6.10. The number of hydrogen-bond acceptors (Lipinski definition) is 4. The number of amides is 1. The number of anilines is 1. The molecule has 1 heterocycles. The number of nitrogens with zero attached hydrogens (tertiary/aromatic N) is 3. The minimum Gasteiger partial charge on any atom is -0.384 e. The third-order valence-corrected chi connectivity index (χ3v) is 2.54. The summed E-state index contributed by atoms with van der Waals surface area (Å²) < 4.78 is 1.59. The maximum absolute atomic E-state index is 11.9. The number of carbonyl (C=O) groups is 1. The van der Waals surface area contributed by atoms with Gasteiger partial charge in [-0.1, -0.05) is 24.0 Å². The number of rotatable bonds is 4. The van der Waals surface area contributed by atoms with Crippen LogP contribution in [0.15, 0.2) is 36.9 Å². The molecule has 1 aromatic heterocycles. The molecule has 2 N–H and O–H groups in total. The number of carbonyl (C=O) groups excluding carboxylic acids is 1. The van der Waals surface area contributed by atoms with Gasteiger partial charge in [0.05, 0.1) is 12.2 Å². The van der Waals surface area contributed by atoms with Gasteiger partial charge in [0, 0.05) is 12.0 Å². The normalized spacial score (nSPS) is 9.65. The minimum atomic E-state index is -0.214. The van der Waals surface area contributed by atoms with Crippen molar-refractivity contribution in [3.63, 3.8) is 0 Å². The molecular weight excluding hydrogens is 256 g/mol. The van der Waals surface area contributed by atoms with Crippen molar-refractivity contribution >= 4 is 11.6 Å². The van der Waals surface area contributed by atoms with E-state index >= 15 is 0 Å². The zero-order valence-electron chi connectivity index (χ0n) is 10.8. The van der Waals surface area contributed by atoms with Crippen LogP contribution >= 0.6 is 0 Å². The maximum atomic E-state index is 11.9. The third-order valence-electron chi connectivity index (χ3n) is 2.54. The van der Waals surface area contributed by atoms with Crippen molar-refractivity contribution in [2.45, 2.75) is 13.0 Å². The van der Waals surface area contributed by atoms with Crippen molar-refractivity contribution in [1.29, 1.82) is 0 Å². The molecule has 0 aliphatic carbocycles. The van der Waals surface area contributed by atoms with E-state index in [1.807, 2.05) is 12.1 Å². The Balaban J connectivity index is 1.97. The van der Waals surface area contributed by atoms with Crippen LogP contribution in [-0.4, -0.2) is 32.4 Å². The maximum Gasteiger partial charge on any atom is 0.226 e. The number of hydrogen-bond donors (Lipinski definition) is 2. The molecule has 0 atom stereocenters. The molecule has 0 aliphatic rings. The van der Waals surface area contributed by atoms with Gasteiger partial charge < -0.3 is 10.4 Å². The molecule has 1 amide bonds. The molecule has 6 nitrogen and oxygen atoms in total. The van der Waals surface area contributed by atoms with Gasteiger partial charge >= 0.3 is 0 Å². The van der Waals surface area contributed by atoms with E-state index < -0.39 is 0 Å². The van der Waals surface area contributed by atoms with Gasteiger partial charge in [-0.2, -0.15) is 5.10 Å². The van der Waals surface area contributed by atoms with Gasteiger partial charge in [0.25, 0.3) is 0 Å². The summed E-state index contributed by atoms with van der Waals surface area (Å²) in [5.41, 5.74) is 1.31. The number of para-hydroxylation sites is 1. The summed E-state index contributed by atoms with van der Waals surface area (Å²) in [6.45, 7) is 0.255. The lowest BCUT2D eigenvalue weighted by Gasteiger charge is -2.07. The number of aliphatic hydroxyl groups is 1. The van der Waals surface area contributed by atoms with Crippen LogP contribution in [0.2, 0.25) is 0 Å². The summed E-state index contributed by atoms with van der Waals surface area (Å²) >= 11 is 0. The summed E-state index contributed by atoms with van der Waals surface area (Å²) in [5, 5.41) is 15.4. The first-order chi connectivity index (χ1) is 9.79. The Morgan fingerprint density at radius 3 is 3.00 bits per heavy atom. The standard InChI is InChI=1S/C14H14N4O2/c19-9-3-5-12-4-1-2-6-13(12)17-14(20)7-8-18-11-15-10-16-18/h1-2,4,6,10-11,19H,7-9H2,(H,17,20). The van der Waals surface area contributed by atoms with Crippen LogP contribution in [0, 0.1) is 11.8 Å². The van der Waals surface area contributed by atoms with Crippen LogP contribution in [0.4, 0.5) is 5.69 Å². The van der Waals surface area contributed by atoms with Gasteiger partial charge in [-0.05, 0) is 12.1 Å². The largest absolute Gasteiger partial charge is 0.384 e. The van der Waals surface area contributed by atoms with E-state index in [0.29, 0.717) is 24.2 Å². The molecule has 0 saturated carbocycles.